The quantitative estimate of drug-likeness (QED) is 0.395. The number of anilines is 2. The van der Waals surface area contributed by atoms with Crippen molar-refractivity contribution in [2.24, 2.45) is 0 Å². The Hall–Kier alpha value is -2.88. The Balaban J connectivity index is 1.07. The molecule has 2 N–H and O–H groups in total. The Bertz CT molecular complexity index is 1630. The second-order valence-corrected chi connectivity index (χ2v) is 14.6. The maximum atomic E-state index is 16.0. The lowest BCUT2D eigenvalue weighted by atomic mass is 9.88. The van der Waals surface area contributed by atoms with E-state index < -0.39 is 5.67 Å². The van der Waals surface area contributed by atoms with Gasteiger partial charge in [0, 0.05) is 61.2 Å². The van der Waals surface area contributed by atoms with Crippen molar-refractivity contribution >= 4 is 33.9 Å². The van der Waals surface area contributed by atoms with E-state index in [2.05, 4.69) is 20.0 Å². The molecule has 5 fully saturated rings. The average molecular weight is 619 g/mol. The second-order valence-electron chi connectivity index (χ2n) is 14.2. The number of hydrogen-bond donors (Lipinski definition) is 2. The summed E-state index contributed by atoms with van der Waals surface area (Å²) >= 11 is 6.71. The van der Waals surface area contributed by atoms with Gasteiger partial charge in [0.2, 0.25) is 0 Å². The van der Waals surface area contributed by atoms with Gasteiger partial charge in [-0.05, 0) is 75.4 Å². The molecule has 10 heteroatoms. The molecule has 1 aromatic heterocycles. The van der Waals surface area contributed by atoms with Gasteiger partial charge in [-0.25, -0.2) is 4.39 Å². The maximum Gasteiger partial charge on any atom is 0.318 e. The van der Waals surface area contributed by atoms with Crippen LogP contribution in [0.25, 0.3) is 10.8 Å². The summed E-state index contributed by atoms with van der Waals surface area (Å²) in [7, 11) is 0. The lowest BCUT2D eigenvalue weighted by molar-refractivity contribution is 0.0808. The zero-order valence-corrected chi connectivity index (χ0v) is 25.8. The minimum Gasteiger partial charge on any atom is -0.508 e. The SMILES string of the molecule is Oc1cc(N2CCc3c(nc(OCC45CCCN4C4CCCC4(F)C5)nc3N3CC4CCC(C3)N4)C2)c2c(Cl)cccc2c1. The number of aromatic hydroxyl groups is 1. The van der Waals surface area contributed by atoms with Crippen LogP contribution in [0.1, 0.15) is 62.6 Å². The van der Waals surface area contributed by atoms with Gasteiger partial charge in [-0.15, -0.1) is 0 Å². The van der Waals surface area contributed by atoms with Crippen LogP contribution in [0.4, 0.5) is 15.9 Å². The molecule has 3 aromatic rings. The van der Waals surface area contributed by atoms with Gasteiger partial charge >= 0.3 is 6.01 Å². The summed E-state index contributed by atoms with van der Waals surface area (Å²) in [6, 6.07) is 10.8. The van der Waals surface area contributed by atoms with Crippen LogP contribution in [0.3, 0.4) is 0 Å². The fraction of sp³-hybridized carbons (Fsp3) is 0.588. The molecule has 0 amide bonds. The summed E-state index contributed by atoms with van der Waals surface area (Å²) < 4.78 is 22.6. The Morgan fingerprint density at radius 3 is 2.77 bits per heavy atom. The van der Waals surface area contributed by atoms with E-state index in [9.17, 15) is 5.11 Å². The van der Waals surface area contributed by atoms with Crippen LogP contribution in [-0.2, 0) is 13.0 Å². The zero-order valence-electron chi connectivity index (χ0n) is 25.1. The van der Waals surface area contributed by atoms with E-state index in [0.717, 1.165) is 86.3 Å². The third-order valence-corrected chi connectivity index (χ3v) is 11.9. The normalized spacial score (nSPS) is 32.7. The summed E-state index contributed by atoms with van der Waals surface area (Å²) in [5, 5.41) is 16.9. The van der Waals surface area contributed by atoms with Crippen molar-refractivity contribution in [2.75, 3.05) is 42.6 Å². The number of ether oxygens (including phenoxy) is 1. The molecule has 8 nitrogen and oxygen atoms in total. The molecular weight excluding hydrogens is 579 g/mol. The summed E-state index contributed by atoms with van der Waals surface area (Å²) in [6.07, 6.45) is 8.39. The minimum absolute atomic E-state index is 0.0300. The zero-order chi connectivity index (χ0) is 29.6. The first kappa shape index (κ1) is 27.4. The number of phenols is 1. The van der Waals surface area contributed by atoms with Crippen LogP contribution in [0.2, 0.25) is 5.02 Å². The highest BCUT2D eigenvalue weighted by molar-refractivity contribution is 6.36. The highest BCUT2D eigenvalue weighted by Gasteiger charge is 2.63. The Kier molecular flexibility index (Phi) is 6.27. The number of rotatable bonds is 5. The molecule has 2 bridgehead atoms. The number of piperazine rings is 1. The second kappa shape index (κ2) is 10.1. The molecule has 5 aliphatic heterocycles. The van der Waals surface area contributed by atoms with Crippen molar-refractivity contribution in [1.29, 1.82) is 0 Å². The van der Waals surface area contributed by atoms with Gasteiger partial charge in [0.25, 0.3) is 0 Å². The maximum absolute atomic E-state index is 16.0. The van der Waals surface area contributed by atoms with Gasteiger partial charge in [-0.1, -0.05) is 23.7 Å². The third-order valence-electron chi connectivity index (χ3n) is 11.6. The molecular formula is C34H40ClFN6O2. The monoisotopic (exact) mass is 618 g/mol. The van der Waals surface area contributed by atoms with Gasteiger partial charge in [0.1, 0.15) is 23.8 Å². The van der Waals surface area contributed by atoms with E-state index in [4.69, 9.17) is 26.3 Å². The molecule has 6 heterocycles. The number of halogens is 2. The number of alkyl halides is 1. The first-order chi connectivity index (χ1) is 21.4. The molecule has 6 aliphatic rings. The number of nitrogens with zero attached hydrogens (tertiary/aromatic N) is 5. The number of aromatic nitrogens is 2. The summed E-state index contributed by atoms with van der Waals surface area (Å²) in [6.45, 7) is 4.58. The van der Waals surface area contributed by atoms with Crippen LogP contribution in [0, 0.1) is 0 Å². The molecule has 44 heavy (non-hydrogen) atoms. The van der Waals surface area contributed by atoms with Crippen LogP contribution in [-0.4, -0.2) is 82.1 Å². The molecule has 1 aliphatic carbocycles. The summed E-state index contributed by atoms with van der Waals surface area (Å²) in [5.41, 5.74) is 1.69. The van der Waals surface area contributed by atoms with Crippen LogP contribution < -0.4 is 19.9 Å². The number of fused-ring (bicyclic) bond motifs is 7. The Morgan fingerprint density at radius 1 is 1.05 bits per heavy atom. The van der Waals surface area contributed by atoms with Crippen molar-refractivity contribution < 1.29 is 14.2 Å². The topological polar surface area (TPSA) is 77.0 Å². The van der Waals surface area contributed by atoms with Crippen molar-refractivity contribution in [2.45, 2.75) is 93.7 Å². The largest absolute Gasteiger partial charge is 0.508 e. The van der Waals surface area contributed by atoms with E-state index in [1.165, 1.54) is 18.4 Å². The Labute approximate surface area is 262 Å². The van der Waals surface area contributed by atoms with Crippen LogP contribution in [0.5, 0.6) is 11.8 Å². The van der Waals surface area contributed by atoms with E-state index in [0.29, 0.717) is 49.1 Å². The van der Waals surface area contributed by atoms with E-state index >= 15 is 4.39 Å². The summed E-state index contributed by atoms with van der Waals surface area (Å²) in [5.74, 6) is 1.21. The van der Waals surface area contributed by atoms with Crippen LogP contribution in [0.15, 0.2) is 30.3 Å². The highest BCUT2D eigenvalue weighted by Crippen LogP contribution is 2.55. The van der Waals surface area contributed by atoms with Gasteiger partial charge in [-0.2, -0.15) is 9.97 Å². The van der Waals surface area contributed by atoms with E-state index in [-0.39, 0.29) is 17.3 Å². The first-order valence-electron chi connectivity index (χ1n) is 16.5. The van der Waals surface area contributed by atoms with Crippen molar-refractivity contribution in [3.63, 3.8) is 0 Å². The lowest BCUT2D eigenvalue weighted by Crippen LogP contribution is -2.52. The fourth-order valence-corrected chi connectivity index (χ4v) is 10.0. The van der Waals surface area contributed by atoms with E-state index in [1.807, 2.05) is 24.3 Å². The van der Waals surface area contributed by atoms with Gasteiger partial charge in [0.05, 0.1) is 28.5 Å². The number of nitrogens with one attached hydrogen (secondary N) is 1. The Morgan fingerprint density at radius 2 is 1.91 bits per heavy atom. The molecule has 2 aromatic carbocycles. The molecule has 1 saturated carbocycles. The van der Waals surface area contributed by atoms with Gasteiger partial charge in [0.15, 0.2) is 0 Å². The number of phenolic OH excluding ortho intramolecular Hbond substituents is 1. The number of benzene rings is 2. The highest BCUT2D eigenvalue weighted by atomic mass is 35.5. The molecule has 9 rings (SSSR count). The molecule has 5 atom stereocenters. The van der Waals surface area contributed by atoms with Crippen molar-refractivity contribution in [3.05, 3.63) is 46.6 Å². The summed E-state index contributed by atoms with van der Waals surface area (Å²) in [4.78, 5) is 17.3. The molecule has 232 valence electrons. The van der Waals surface area contributed by atoms with Crippen molar-refractivity contribution in [3.8, 4) is 11.8 Å². The van der Waals surface area contributed by atoms with E-state index in [1.54, 1.807) is 6.07 Å². The predicted molar refractivity (Wildman–Crippen MR) is 170 cm³/mol. The predicted octanol–water partition coefficient (Wildman–Crippen LogP) is 5.37. The fourth-order valence-electron chi connectivity index (χ4n) is 9.73. The smallest absolute Gasteiger partial charge is 0.318 e. The minimum atomic E-state index is -1.09. The van der Waals surface area contributed by atoms with Crippen molar-refractivity contribution in [1.82, 2.24) is 20.2 Å². The molecule has 0 spiro atoms. The van der Waals surface area contributed by atoms with Gasteiger partial charge in [-0.3, -0.25) is 4.90 Å². The third kappa shape index (κ3) is 4.29. The number of hydrogen-bond acceptors (Lipinski definition) is 8. The van der Waals surface area contributed by atoms with Crippen LogP contribution >= 0.6 is 11.6 Å². The average Bonchev–Trinajstić information content (AvgIpc) is 3.73. The molecule has 0 radical (unpaired) electrons. The standard InChI is InChI=1S/C34H40ClFN6O2/c35-26-5-1-4-21-14-24(43)15-28(30(21)26)40-13-9-25-27(18-40)38-32(39-31(25)41-16-22-7-8-23(17-41)37-22)44-20-33-10-3-12-42(33)29-6-2-11-34(29,36)19-33/h1,4-5,14-15,22-23,29,37,43H,2-3,6-13,16-20H2. The lowest BCUT2D eigenvalue weighted by Gasteiger charge is -2.38. The molecule has 5 unspecified atom stereocenters. The first-order valence-corrected chi connectivity index (χ1v) is 16.9. The van der Waals surface area contributed by atoms with Gasteiger partial charge < -0.3 is 25.0 Å². The molecule has 4 saturated heterocycles.